The highest BCUT2D eigenvalue weighted by atomic mass is 14.3. The van der Waals surface area contributed by atoms with Gasteiger partial charge >= 0.3 is 0 Å². The predicted molar refractivity (Wildman–Crippen MR) is 119 cm³/mol. The van der Waals surface area contributed by atoms with E-state index in [2.05, 4.69) is 91.9 Å². The van der Waals surface area contributed by atoms with Crippen LogP contribution < -0.4 is 0 Å². The topological polar surface area (TPSA) is 23.9 Å². The molecule has 0 saturated carbocycles. The first-order valence-electron chi connectivity index (χ1n) is 9.66. The van der Waals surface area contributed by atoms with Gasteiger partial charge < -0.3 is 5.41 Å². The molecule has 0 aliphatic heterocycles. The fourth-order valence-corrected chi connectivity index (χ4v) is 4.53. The third-order valence-electron chi connectivity index (χ3n) is 5.77. The van der Waals surface area contributed by atoms with Gasteiger partial charge in [-0.3, -0.25) is 0 Å². The third-order valence-corrected chi connectivity index (χ3v) is 5.77. The van der Waals surface area contributed by atoms with Crippen LogP contribution >= 0.6 is 0 Å². The van der Waals surface area contributed by atoms with Crippen molar-refractivity contribution in [1.82, 2.24) is 0 Å². The summed E-state index contributed by atoms with van der Waals surface area (Å²) in [7, 11) is 0. The zero-order valence-electron chi connectivity index (χ0n) is 15.8. The van der Waals surface area contributed by atoms with Crippen molar-refractivity contribution in [3.8, 4) is 11.1 Å². The Balaban J connectivity index is 1.71. The molecule has 0 fully saturated rings. The predicted octanol–water partition coefficient (Wildman–Crippen LogP) is 7.05. The van der Waals surface area contributed by atoms with Gasteiger partial charge in [-0.25, -0.2) is 0 Å². The molecule has 0 amide bonds. The third kappa shape index (κ3) is 2.59. The van der Waals surface area contributed by atoms with Gasteiger partial charge in [-0.2, -0.15) is 0 Å². The fraction of sp³-hybridized carbons (Fsp3) is 0.0741. The first-order chi connectivity index (χ1) is 13.8. The molecule has 1 atom stereocenters. The van der Waals surface area contributed by atoms with Gasteiger partial charge in [-0.15, -0.1) is 0 Å². The monoisotopic (exact) mass is 359 g/mol. The lowest BCUT2D eigenvalue weighted by Crippen LogP contribution is -2.00. The van der Waals surface area contributed by atoms with Gasteiger partial charge in [0.05, 0.1) is 0 Å². The Hall–Kier alpha value is -3.45. The van der Waals surface area contributed by atoms with Crippen molar-refractivity contribution < 1.29 is 0 Å². The maximum atomic E-state index is 7.92. The van der Waals surface area contributed by atoms with E-state index >= 15 is 0 Å². The quantitative estimate of drug-likeness (QED) is 0.379. The first-order valence-corrected chi connectivity index (χ1v) is 9.66. The molecule has 1 nitrogen and oxygen atoms in total. The Labute approximate surface area is 165 Å². The van der Waals surface area contributed by atoms with E-state index in [0.717, 1.165) is 11.1 Å². The highest BCUT2D eigenvalue weighted by Gasteiger charge is 2.24. The molecule has 4 aromatic rings. The average Bonchev–Trinajstić information content (AvgIpc) is 3.08. The van der Waals surface area contributed by atoms with Gasteiger partial charge in [0.15, 0.2) is 0 Å². The molecule has 28 heavy (non-hydrogen) atoms. The van der Waals surface area contributed by atoms with E-state index in [1.54, 1.807) is 0 Å². The number of hydrogen-bond acceptors (Lipinski definition) is 1. The summed E-state index contributed by atoms with van der Waals surface area (Å²) in [6, 6.07) is 30.1. The number of allylic oxidation sites excluding steroid dienone is 1. The minimum absolute atomic E-state index is 0.301. The highest BCUT2D eigenvalue weighted by Crippen LogP contribution is 2.42. The Morgan fingerprint density at radius 2 is 1.64 bits per heavy atom. The number of rotatable bonds is 3. The summed E-state index contributed by atoms with van der Waals surface area (Å²) in [4.78, 5) is 0. The molecular weight excluding hydrogens is 338 g/mol. The molecule has 5 rings (SSSR count). The smallest absolute Gasteiger partial charge is 0.0305 e. The molecule has 0 heterocycles. The van der Waals surface area contributed by atoms with Crippen LogP contribution in [-0.2, 0) is 0 Å². The van der Waals surface area contributed by atoms with Crippen LogP contribution in [0.4, 0.5) is 0 Å². The molecule has 0 radical (unpaired) electrons. The van der Waals surface area contributed by atoms with Crippen LogP contribution in [0, 0.1) is 5.41 Å². The van der Waals surface area contributed by atoms with E-state index in [9.17, 15) is 0 Å². The first kappa shape index (κ1) is 16.7. The Kier molecular flexibility index (Phi) is 3.95. The Morgan fingerprint density at radius 3 is 2.54 bits per heavy atom. The lowest BCUT2D eigenvalue weighted by atomic mass is 9.86. The molecule has 4 aromatic carbocycles. The number of benzene rings is 4. The van der Waals surface area contributed by atoms with Crippen molar-refractivity contribution in [1.29, 1.82) is 5.41 Å². The zero-order valence-corrected chi connectivity index (χ0v) is 15.8. The normalized spacial score (nSPS) is 15.3. The van der Waals surface area contributed by atoms with Crippen LogP contribution in [0.2, 0.25) is 0 Å². The summed E-state index contributed by atoms with van der Waals surface area (Å²) in [6.07, 6.45) is 3.76. The van der Waals surface area contributed by atoms with Crippen LogP contribution in [-0.4, -0.2) is 6.21 Å². The van der Waals surface area contributed by atoms with Gasteiger partial charge in [0.1, 0.15) is 0 Å². The number of hydrogen-bond donors (Lipinski definition) is 1. The van der Waals surface area contributed by atoms with Gasteiger partial charge in [-0.05, 0) is 45.5 Å². The molecule has 134 valence electrons. The van der Waals surface area contributed by atoms with Crippen molar-refractivity contribution in [2.45, 2.75) is 12.8 Å². The van der Waals surface area contributed by atoms with Crippen molar-refractivity contribution in [3.05, 3.63) is 113 Å². The van der Waals surface area contributed by atoms with Gasteiger partial charge in [0.2, 0.25) is 0 Å². The van der Waals surface area contributed by atoms with Crippen LogP contribution in [0.1, 0.15) is 35.1 Å². The van der Waals surface area contributed by atoms with E-state index in [4.69, 9.17) is 5.41 Å². The maximum absolute atomic E-state index is 7.92. The Morgan fingerprint density at radius 1 is 0.821 bits per heavy atom. The number of fused-ring (bicyclic) bond motifs is 2. The molecule has 1 N–H and O–H groups in total. The summed E-state index contributed by atoms with van der Waals surface area (Å²) < 4.78 is 0. The van der Waals surface area contributed by atoms with Gasteiger partial charge in [-0.1, -0.05) is 96.6 Å². The zero-order chi connectivity index (χ0) is 19.1. The molecule has 1 heteroatoms. The lowest BCUT2D eigenvalue weighted by Gasteiger charge is -2.17. The molecule has 1 aliphatic carbocycles. The van der Waals surface area contributed by atoms with Gasteiger partial charge in [0.25, 0.3) is 0 Å². The van der Waals surface area contributed by atoms with Crippen LogP contribution in [0.15, 0.2) is 90.5 Å². The van der Waals surface area contributed by atoms with Crippen LogP contribution in [0.3, 0.4) is 0 Å². The van der Waals surface area contributed by atoms with E-state index in [1.807, 2.05) is 6.07 Å². The van der Waals surface area contributed by atoms with Crippen LogP contribution in [0.5, 0.6) is 0 Å². The minimum Gasteiger partial charge on any atom is -0.308 e. The molecule has 0 aromatic heterocycles. The van der Waals surface area contributed by atoms with Crippen molar-refractivity contribution in [2.24, 2.45) is 0 Å². The SMILES string of the molecule is CC1=Cc2ccccc2C1c1cccc(-c2c(C=N)ccc3ccccc23)c1. The molecule has 0 bridgehead atoms. The summed E-state index contributed by atoms with van der Waals surface area (Å²) in [5.74, 6) is 0.301. The van der Waals surface area contributed by atoms with Crippen molar-refractivity contribution in [3.63, 3.8) is 0 Å². The summed E-state index contributed by atoms with van der Waals surface area (Å²) in [5.41, 5.74) is 8.65. The van der Waals surface area contributed by atoms with E-state index in [0.29, 0.717) is 5.92 Å². The van der Waals surface area contributed by atoms with Gasteiger partial charge in [0, 0.05) is 17.7 Å². The second kappa shape index (κ2) is 6.61. The minimum atomic E-state index is 0.301. The summed E-state index contributed by atoms with van der Waals surface area (Å²) in [6.45, 7) is 2.22. The molecule has 1 unspecified atom stereocenters. The van der Waals surface area contributed by atoms with E-state index in [-0.39, 0.29) is 0 Å². The number of nitrogens with one attached hydrogen (secondary N) is 1. The summed E-state index contributed by atoms with van der Waals surface area (Å²) in [5, 5.41) is 10.3. The van der Waals surface area contributed by atoms with Crippen LogP contribution in [0.25, 0.3) is 28.0 Å². The van der Waals surface area contributed by atoms with Crippen molar-refractivity contribution >= 4 is 23.1 Å². The molecule has 0 spiro atoms. The fourth-order valence-electron chi connectivity index (χ4n) is 4.53. The standard InChI is InChI=1S/C27H21N/c1-18-15-20-8-3-5-12-25(20)26(18)21-9-6-10-22(16-21)27-23(17-28)14-13-19-7-2-4-11-24(19)27/h2-17,26,28H,1H3. The second-order valence-electron chi connectivity index (χ2n) is 7.47. The average molecular weight is 359 g/mol. The van der Waals surface area contributed by atoms with Crippen molar-refractivity contribution in [2.75, 3.05) is 0 Å². The van der Waals surface area contributed by atoms with E-state index in [1.165, 1.54) is 44.8 Å². The maximum Gasteiger partial charge on any atom is 0.0305 e. The Bertz CT molecular complexity index is 1250. The molecule has 1 aliphatic rings. The largest absolute Gasteiger partial charge is 0.308 e. The van der Waals surface area contributed by atoms with E-state index < -0.39 is 0 Å². The lowest BCUT2D eigenvalue weighted by molar-refractivity contribution is 0.977. The molecular formula is C27H21N. The second-order valence-corrected chi connectivity index (χ2v) is 7.47. The highest BCUT2D eigenvalue weighted by molar-refractivity contribution is 6.04. The summed E-state index contributed by atoms with van der Waals surface area (Å²) >= 11 is 0. The molecule has 0 saturated heterocycles.